The third kappa shape index (κ3) is 6.18. The van der Waals surface area contributed by atoms with E-state index in [0.29, 0.717) is 13.1 Å². The maximum Gasteiger partial charge on any atom is 0.265 e. The first kappa shape index (κ1) is 25.1. The Hall–Kier alpha value is -1.96. The molecule has 0 saturated heterocycles. The zero-order valence-electron chi connectivity index (χ0n) is 18.4. The average Bonchev–Trinajstić information content (AvgIpc) is 3.24. The number of anilines is 1. The van der Waals surface area contributed by atoms with Gasteiger partial charge < -0.3 is 9.45 Å². The van der Waals surface area contributed by atoms with Crippen LogP contribution in [0.4, 0.5) is 5.69 Å². The highest BCUT2D eigenvalue weighted by molar-refractivity contribution is 8.04. The summed E-state index contributed by atoms with van der Waals surface area (Å²) in [5.74, 6) is -0.753. The van der Waals surface area contributed by atoms with E-state index in [2.05, 4.69) is 0 Å². The summed E-state index contributed by atoms with van der Waals surface area (Å²) < 4.78 is 68.1. The number of nitrogens with zero attached hydrogens (tertiary/aromatic N) is 2. The summed E-state index contributed by atoms with van der Waals surface area (Å²) in [5.41, 5.74) is 3.01. The maximum absolute atomic E-state index is 11.2. The number of rotatable bonds is 9. The molecule has 8 nitrogen and oxygen atoms in total. The third-order valence-electron chi connectivity index (χ3n) is 5.33. The van der Waals surface area contributed by atoms with Crippen LogP contribution in [0.15, 0.2) is 52.4 Å². The monoisotopic (exact) mass is 540 g/mol. The van der Waals surface area contributed by atoms with Gasteiger partial charge in [0, 0.05) is 29.7 Å². The number of fused-ring (bicyclic) bond motifs is 2. The molecule has 2 heterocycles. The topological polar surface area (TPSA) is 119 Å². The summed E-state index contributed by atoms with van der Waals surface area (Å²) in [6.07, 6.45) is 2.49. The number of aryl methyl sites for hydroxylation is 2. The zero-order chi connectivity index (χ0) is 24.5. The van der Waals surface area contributed by atoms with E-state index in [-0.39, 0.29) is 18.6 Å². The van der Waals surface area contributed by atoms with Crippen LogP contribution in [0, 0.1) is 6.92 Å². The maximum atomic E-state index is 11.2. The van der Waals surface area contributed by atoms with E-state index in [1.807, 2.05) is 64.9 Å². The van der Waals surface area contributed by atoms with Crippen LogP contribution in [0.5, 0.6) is 0 Å². The van der Waals surface area contributed by atoms with Crippen LogP contribution in [0.3, 0.4) is 0 Å². The lowest BCUT2D eigenvalue weighted by molar-refractivity contribution is -0.668. The van der Waals surface area contributed by atoms with E-state index in [1.54, 1.807) is 23.1 Å². The fraction of sp³-hybridized carbons (Fsp3) is 0.318. The molecule has 0 aliphatic carbocycles. The fourth-order valence-electron chi connectivity index (χ4n) is 3.85. The van der Waals surface area contributed by atoms with Gasteiger partial charge in [0.2, 0.25) is 5.52 Å². The summed E-state index contributed by atoms with van der Waals surface area (Å²) in [6, 6.07) is 13.9. The molecular formula is C22H24N2O6S4. The summed E-state index contributed by atoms with van der Waals surface area (Å²) in [5, 5.41) is 1.81. The Morgan fingerprint density at radius 1 is 1.09 bits per heavy atom. The van der Waals surface area contributed by atoms with Gasteiger partial charge in [0.15, 0.2) is 6.54 Å². The van der Waals surface area contributed by atoms with Crippen LogP contribution < -0.4 is 9.47 Å². The first-order valence-electron chi connectivity index (χ1n) is 10.6. The van der Waals surface area contributed by atoms with Crippen molar-refractivity contribution in [2.45, 2.75) is 31.2 Å². The smallest absolute Gasteiger partial charge is 0.265 e. The van der Waals surface area contributed by atoms with Crippen molar-refractivity contribution in [3.8, 4) is 0 Å². The molecule has 0 saturated carbocycles. The second-order valence-electron chi connectivity index (χ2n) is 8.02. The minimum absolute atomic E-state index is 0.206. The Balaban J connectivity index is 1.70. The van der Waals surface area contributed by atoms with Crippen molar-refractivity contribution < 1.29 is 30.5 Å². The van der Waals surface area contributed by atoms with Gasteiger partial charge in [-0.1, -0.05) is 41.3 Å². The van der Waals surface area contributed by atoms with Gasteiger partial charge in [0.1, 0.15) is 4.70 Å². The summed E-state index contributed by atoms with van der Waals surface area (Å²) in [7, 11) is -8.35. The van der Waals surface area contributed by atoms with E-state index in [0.717, 1.165) is 36.4 Å². The molecule has 1 aromatic heterocycles. The van der Waals surface area contributed by atoms with Crippen molar-refractivity contribution in [2.24, 2.45) is 0 Å². The number of para-hydroxylation sites is 1. The van der Waals surface area contributed by atoms with Gasteiger partial charge in [-0.3, -0.25) is 4.55 Å². The number of benzene rings is 2. The highest BCUT2D eigenvalue weighted by Gasteiger charge is 2.28. The standard InChI is InChI=1S/C22H24N2O6S4/c1-16-8-9-20-18(14-16)24(11-5-13-34(28,29)30)22(32-20)15-21-23(10-4-12-33(25,26)27)17-6-2-3-7-19(17)31-21/h2-3,6-9,14-15H,4-5,10-13H2,1H3,(H-,25,26,27,28,29,30). The van der Waals surface area contributed by atoms with E-state index >= 15 is 0 Å². The molecule has 0 bridgehead atoms. The van der Waals surface area contributed by atoms with Crippen LogP contribution in [0.25, 0.3) is 16.3 Å². The van der Waals surface area contributed by atoms with Gasteiger partial charge in [0.05, 0.1) is 32.7 Å². The Morgan fingerprint density at radius 2 is 1.85 bits per heavy atom. The first-order valence-corrected chi connectivity index (χ1v) is 15.4. The van der Waals surface area contributed by atoms with Crippen LogP contribution >= 0.6 is 23.1 Å². The molecule has 4 rings (SSSR count). The average molecular weight is 541 g/mol. The molecule has 182 valence electrons. The van der Waals surface area contributed by atoms with E-state index in [1.165, 1.54) is 0 Å². The van der Waals surface area contributed by atoms with Crippen molar-refractivity contribution in [3.05, 3.63) is 58.1 Å². The lowest BCUT2D eigenvalue weighted by atomic mass is 10.2. The molecule has 0 fully saturated rings. The SMILES string of the molecule is Cc1ccc2c(c1)N(CCCS(=O)(=O)[O-])/C(=C/c1sc3ccccc3[n+]1CCCS(=O)(=O)O)S2. The molecular weight excluding hydrogens is 517 g/mol. The molecule has 1 aliphatic rings. The summed E-state index contributed by atoms with van der Waals surface area (Å²) >= 11 is 3.14. The van der Waals surface area contributed by atoms with Crippen molar-refractivity contribution in [1.29, 1.82) is 0 Å². The normalized spacial score (nSPS) is 15.4. The second kappa shape index (κ2) is 9.96. The van der Waals surface area contributed by atoms with E-state index < -0.39 is 26.0 Å². The largest absolute Gasteiger partial charge is 0.748 e. The van der Waals surface area contributed by atoms with Gasteiger partial charge in [-0.2, -0.15) is 13.0 Å². The van der Waals surface area contributed by atoms with Crippen molar-refractivity contribution in [3.63, 3.8) is 0 Å². The minimum Gasteiger partial charge on any atom is -0.748 e. The predicted molar refractivity (Wildman–Crippen MR) is 135 cm³/mol. The van der Waals surface area contributed by atoms with E-state index in [9.17, 15) is 21.4 Å². The quantitative estimate of drug-likeness (QED) is 0.323. The van der Waals surface area contributed by atoms with Crippen molar-refractivity contribution in [1.82, 2.24) is 0 Å². The Bertz CT molecular complexity index is 1460. The molecule has 1 N–H and O–H groups in total. The Labute approximate surface area is 207 Å². The number of hydrogen-bond acceptors (Lipinski definition) is 8. The number of thioether (sulfide) groups is 1. The van der Waals surface area contributed by atoms with Crippen molar-refractivity contribution in [2.75, 3.05) is 23.0 Å². The molecule has 0 atom stereocenters. The van der Waals surface area contributed by atoms with E-state index in [4.69, 9.17) is 4.55 Å². The molecule has 0 amide bonds. The van der Waals surface area contributed by atoms with Gasteiger partial charge in [-0.15, -0.1) is 0 Å². The molecule has 2 aromatic carbocycles. The number of thiazole rings is 1. The van der Waals surface area contributed by atoms with Crippen LogP contribution in [0.2, 0.25) is 0 Å². The molecule has 0 radical (unpaired) electrons. The molecule has 12 heteroatoms. The van der Waals surface area contributed by atoms with Gasteiger partial charge in [-0.25, -0.2) is 8.42 Å². The predicted octanol–water partition coefficient (Wildman–Crippen LogP) is 3.62. The lowest BCUT2D eigenvalue weighted by Gasteiger charge is -2.21. The molecule has 3 aromatic rings. The van der Waals surface area contributed by atoms with Crippen LogP contribution in [-0.2, 0) is 26.8 Å². The zero-order valence-corrected chi connectivity index (χ0v) is 21.6. The highest BCUT2D eigenvalue weighted by Crippen LogP contribution is 2.47. The highest BCUT2D eigenvalue weighted by atomic mass is 32.2. The second-order valence-corrected chi connectivity index (χ2v) is 13.2. The number of aromatic nitrogens is 1. The molecule has 0 spiro atoms. The van der Waals surface area contributed by atoms with Crippen LogP contribution in [0.1, 0.15) is 23.4 Å². The summed E-state index contributed by atoms with van der Waals surface area (Å²) in [4.78, 5) is 3.08. The van der Waals surface area contributed by atoms with Gasteiger partial charge >= 0.3 is 0 Å². The lowest BCUT2D eigenvalue weighted by Crippen LogP contribution is -2.36. The third-order valence-corrected chi connectivity index (χ3v) is 9.15. The Morgan fingerprint density at radius 3 is 2.59 bits per heavy atom. The fourth-order valence-corrected chi connectivity index (χ4v) is 7.13. The number of hydrogen-bond donors (Lipinski definition) is 1. The van der Waals surface area contributed by atoms with Crippen LogP contribution in [-0.4, -0.2) is 44.0 Å². The Kier molecular flexibility index (Phi) is 7.36. The van der Waals surface area contributed by atoms with Crippen molar-refractivity contribution >= 4 is 65.3 Å². The van der Waals surface area contributed by atoms with Gasteiger partial charge in [0.25, 0.3) is 15.1 Å². The van der Waals surface area contributed by atoms with Gasteiger partial charge in [-0.05, 0) is 37.1 Å². The minimum atomic E-state index is -4.30. The first-order chi connectivity index (χ1) is 16.0. The molecule has 1 aliphatic heterocycles. The summed E-state index contributed by atoms with van der Waals surface area (Å²) in [6.45, 7) is 2.78. The molecule has 0 unspecified atom stereocenters. The molecule has 34 heavy (non-hydrogen) atoms.